The van der Waals surface area contributed by atoms with Crippen LogP contribution in [-0.4, -0.2) is 6.03 Å². The van der Waals surface area contributed by atoms with Crippen molar-refractivity contribution in [2.75, 3.05) is 11.1 Å². The number of nitrogens with one attached hydrogen (secondary N) is 2. The lowest BCUT2D eigenvalue weighted by Crippen LogP contribution is -2.28. The molecule has 0 aliphatic carbocycles. The van der Waals surface area contributed by atoms with E-state index in [1.54, 1.807) is 6.07 Å². The number of hydrogen-bond acceptors (Lipinski definition) is 2. The molecule has 2 aromatic carbocycles. The average Bonchev–Trinajstić information content (AvgIpc) is 2.41. The lowest BCUT2D eigenvalue weighted by molar-refractivity contribution is 0.251. The van der Waals surface area contributed by atoms with E-state index in [1.807, 2.05) is 19.1 Å². The molecular weight excluding hydrogens is 276 g/mol. The van der Waals surface area contributed by atoms with Crippen molar-refractivity contribution in [3.8, 4) is 0 Å². The second-order valence-corrected chi connectivity index (χ2v) is 4.66. The predicted molar refractivity (Wildman–Crippen MR) is 77.8 cm³/mol. The van der Waals surface area contributed by atoms with Crippen LogP contribution in [0.25, 0.3) is 0 Å². The topological polar surface area (TPSA) is 67.1 Å². The molecule has 0 saturated carbocycles. The summed E-state index contributed by atoms with van der Waals surface area (Å²) in [4.78, 5) is 11.7. The van der Waals surface area contributed by atoms with Gasteiger partial charge in [-0.25, -0.2) is 13.6 Å². The van der Waals surface area contributed by atoms with Gasteiger partial charge in [0.1, 0.15) is 0 Å². The Labute approximate surface area is 121 Å². The molecule has 0 bridgehead atoms. The maximum Gasteiger partial charge on any atom is 0.319 e. The molecule has 4 N–H and O–H groups in total. The van der Waals surface area contributed by atoms with Crippen molar-refractivity contribution >= 4 is 17.4 Å². The number of carbonyl (C=O) groups is 1. The Morgan fingerprint density at radius 3 is 2.71 bits per heavy atom. The Kier molecular flexibility index (Phi) is 4.37. The van der Waals surface area contributed by atoms with E-state index in [-0.39, 0.29) is 12.2 Å². The maximum atomic E-state index is 13.4. The second-order valence-electron chi connectivity index (χ2n) is 4.66. The van der Waals surface area contributed by atoms with Gasteiger partial charge in [0.2, 0.25) is 0 Å². The van der Waals surface area contributed by atoms with Gasteiger partial charge in [-0.2, -0.15) is 0 Å². The summed E-state index contributed by atoms with van der Waals surface area (Å²) in [5.74, 6) is -2.10. The molecule has 2 aromatic rings. The lowest BCUT2D eigenvalue weighted by atomic mass is 10.1. The highest BCUT2D eigenvalue weighted by Crippen LogP contribution is 2.16. The van der Waals surface area contributed by atoms with Crippen molar-refractivity contribution in [1.82, 2.24) is 5.32 Å². The lowest BCUT2D eigenvalue weighted by Gasteiger charge is -2.09. The molecular formula is C15H15F2N3O. The normalized spacial score (nSPS) is 10.2. The van der Waals surface area contributed by atoms with Crippen LogP contribution in [0, 0.1) is 18.6 Å². The van der Waals surface area contributed by atoms with Crippen molar-refractivity contribution in [2.24, 2.45) is 0 Å². The van der Waals surface area contributed by atoms with Crippen LogP contribution in [0.3, 0.4) is 0 Å². The molecule has 2 amide bonds. The highest BCUT2D eigenvalue weighted by atomic mass is 19.2. The molecule has 0 spiro atoms. The molecule has 21 heavy (non-hydrogen) atoms. The number of anilines is 2. The Morgan fingerprint density at radius 1 is 1.24 bits per heavy atom. The third-order valence-electron chi connectivity index (χ3n) is 2.81. The van der Waals surface area contributed by atoms with E-state index < -0.39 is 17.7 Å². The minimum Gasteiger partial charge on any atom is -0.399 e. The fourth-order valence-corrected chi connectivity index (χ4v) is 1.95. The average molecular weight is 291 g/mol. The van der Waals surface area contributed by atoms with Crippen LogP contribution >= 0.6 is 0 Å². The third kappa shape index (κ3) is 3.92. The van der Waals surface area contributed by atoms with Gasteiger partial charge in [-0.3, -0.25) is 0 Å². The molecule has 110 valence electrons. The third-order valence-corrected chi connectivity index (χ3v) is 2.81. The minimum absolute atomic E-state index is 0.212. The summed E-state index contributed by atoms with van der Waals surface area (Å²) in [6, 6.07) is 8.37. The van der Waals surface area contributed by atoms with Crippen molar-refractivity contribution in [1.29, 1.82) is 0 Å². The number of amides is 2. The van der Waals surface area contributed by atoms with Crippen LogP contribution in [-0.2, 0) is 6.54 Å². The van der Waals surface area contributed by atoms with Crippen molar-refractivity contribution < 1.29 is 13.6 Å². The zero-order valence-corrected chi connectivity index (χ0v) is 11.4. The van der Waals surface area contributed by atoms with Gasteiger partial charge in [0, 0.05) is 12.2 Å². The molecule has 0 aliphatic heterocycles. The quantitative estimate of drug-likeness (QED) is 0.760. The van der Waals surface area contributed by atoms with E-state index in [2.05, 4.69) is 10.6 Å². The maximum absolute atomic E-state index is 13.4. The molecule has 6 heteroatoms. The van der Waals surface area contributed by atoms with Gasteiger partial charge >= 0.3 is 6.03 Å². The molecule has 0 atom stereocenters. The van der Waals surface area contributed by atoms with Gasteiger partial charge in [0.25, 0.3) is 0 Å². The van der Waals surface area contributed by atoms with Crippen LogP contribution < -0.4 is 16.4 Å². The van der Waals surface area contributed by atoms with Gasteiger partial charge in [-0.1, -0.05) is 12.1 Å². The Hall–Kier alpha value is -2.63. The van der Waals surface area contributed by atoms with E-state index in [4.69, 9.17) is 5.73 Å². The SMILES string of the molecule is Cc1cc(N)cc(CNC(=O)Nc2cccc(F)c2F)c1. The van der Waals surface area contributed by atoms with Crippen molar-refractivity contribution in [3.05, 3.63) is 59.2 Å². The number of rotatable bonds is 3. The fourth-order valence-electron chi connectivity index (χ4n) is 1.95. The molecule has 0 unspecified atom stereocenters. The Balaban J connectivity index is 1.97. The first-order chi connectivity index (χ1) is 9.95. The molecule has 0 aromatic heterocycles. The van der Waals surface area contributed by atoms with Gasteiger partial charge < -0.3 is 16.4 Å². The highest BCUT2D eigenvalue weighted by Gasteiger charge is 2.10. The van der Waals surface area contributed by atoms with Crippen molar-refractivity contribution in [2.45, 2.75) is 13.5 Å². The molecule has 0 aliphatic rings. The van der Waals surface area contributed by atoms with Crippen LogP contribution in [0.15, 0.2) is 36.4 Å². The summed E-state index contributed by atoms with van der Waals surface area (Å²) in [6.07, 6.45) is 0. The highest BCUT2D eigenvalue weighted by molar-refractivity contribution is 5.89. The summed E-state index contributed by atoms with van der Waals surface area (Å²) in [7, 11) is 0. The minimum atomic E-state index is -1.09. The van der Waals surface area contributed by atoms with Crippen molar-refractivity contribution in [3.63, 3.8) is 0 Å². The zero-order chi connectivity index (χ0) is 15.4. The smallest absolute Gasteiger partial charge is 0.319 e. The van der Waals surface area contributed by atoms with E-state index in [1.165, 1.54) is 12.1 Å². The first kappa shape index (κ1) is 14.8. The second kappa shape index (κ2) is 6.21. The van der Waals surface area contributed by atoms with Crippen LogP contribution in [0.1, 0.15) is 11.1 Å². The fraction of sp³-hybridized carbons (Fsp3) is 0.133. The van der Waals surface area contributed by atoms with E-state index in [0.717, 1.165) is 17.2 Å². The first-order valence-electron chi connectivity index (χ1n) is 6.30. The molecule has 0 saturated heterocycles. The summed E-state index contributed by atoms with van der Waals surface area (Å²) in [6.45, 7) is 2.12. The van der Waals surface area contributed by atoms with Crippen LogP contribution in [0.2, 0.25) is 0 Å². The number of nitrogens with two attached hydrogens (primary N) is 1. The summed E-state index contributed by atoms with van der Waals surface area (Å²) >= 11 is 0. The zero-order valence-electron chi connectivity index (χ0n) is 11.4. The monoisotopic (exact) mass is 291 g/mol. The number of urea groups is 1. The molecule has 0 fully saturated rings. The molecule has 0 heterocycles. The number of aryl methyl sites for hydroxylation is 1. The van der Waals surface area contributed by atoms with Gasteiger partial charge in [-0.05, 0) is 42.3 Å². The first-order valence-corrected chi connectivity index (χ1v) is 6.30. The Bertz CT molecular complexity index is 654. The molecule has 4 nitrogen and oxygen atoms in total. The number of nitrogen functional groups attached to an aromatic ring is 1. The Morgan fingerprint density at radius 2 is 2.00 bits per heavy atom. The number of halogens is 2. The summed E-state index contributed by atoms with van der Waals surface area (Å²) in [5, 5.41) is 4.81. The number of carbonyl (C=O) groups excluding carboxylic acids is 1. The summed E-state index contributed by atoms with van der Waals surface area (Å²) < 4.78 is 26.4. The molecule has 0 radical (unpaired) electrons. The van der Waals surface area contributed by atoms with Crippen LogP contribution in [0.5, 0.6) is 0 Å². The van der Waals surface area contributed by atoms with Gasteiger partial charge in [0.15, 0.2) is 11.6 Å². The van der Waals surface area contributed by atoms with E-state index in [9.17, 15) is 13.6 Å². The summed E-state index contributed by atoms with van der Waals surface area (Å²) in [5.41, 5.74) is 7.89. The largest absolute Gasteiger partial charge is 0.399 e. The predicted octanol–water partition coefficient (Wildman–Crippen LogP) is 3.18. The number of hydrogen-bond donors (Lipinski definition) is 3. The van der Waals surface area contributed by atoms with Gasteiger partial charge in [-0.15, -0.1) is 0 Å². The number of benzene rings is 2. The van der Waals surface area contributed by atoms with Crippen LogP contribution in [0.4, 0.5) is 25.0 Å². The van der Waals surface area contributed by atoms with Gasteiger partial charge in [0.05, 0.1) is 5.69 Å². The van der Waals surface area contributed by atoms with E-state index in [0.29, 0.717) is 5.69 Å². The van der Waals surface area contributed by atoms with E-state index >= 15 is 0 Å². The molecule has 2 rings (SSSR count). The standard InChI is InChI=1S/C15H15F2N3O/c1-9-5-10(7-11(18)6-9)8-19-15(21)20-13-4-2-3-12(16)14(13)17/h2-7H,8,18H2,1H3,(H2,19,20,21).